The van der Waals surface area contributed by atoms with E-state index in [2.05, 4.69) is 33.6 Å². The normalized spacial score (nSPS) is 18.7. The number of hydrogen-bond donors (Lipinski definition) is 2. The first-order valence-electron chi connectivity index (χ1n) is 8.44. The molecule has 134 valence electrons. The van der Waals surface area contributed by atoms with E-state index in [0.29, 0.717) is 5.95 Å². The first kappa shape index (κ1) is 16.3. The van der Waals surface area contributed by atoms with E-state index < -0.39 is 0 Å². The van der Waals surface area contributed by atoms with Crippen LogP contribution in [0.15, 0.2) is 48.5 Å². The Morgan fingerprint density at radius 2 is 1.81 bits per heavy atom. The van der Waals surface area contributed by atoms with E-state index in [1.165, 1.54) is 0 Å². The van der Waals surface area contributed by atoms with Crippen molar-refractivity contribution < 1.29 is 9.47 Å². The zero-order valence-electron chi connectivity index (χ0n) is 14.7. The molecule has 26 heavy (non-hydrogen) atoms. The third-order valence-corrected chi connectivity index (χ3v) is 4.70. The number of nitrogens with zero attached hydrogens (tertiary/aromatic N) is 3. The second kappa shape index (κ2) is 6.59. The first-order chi connectivity index (χ1) is 12.7. The van der Waals surface area contributed by atoms with E-state index >= 15 is 0 Å². The van der Waals surface area contributed by atoms with Crippen LogP contribution >= 0.6 is 0 Å². The summed E-state index contributed by atoms with van der Waals surface area (Å²) in [4.78, 5) is 4.34. The van der Waals surface area contributed by atoms with Crippen LogP contribution < -0.4 is 20.5 Å². The summed E-state index contributed by atoms with van der Waals surface area (Å²) in [5.41, 5.74) is 8.12. The smallest absolute Gasteiger partial charge is 0.241 e. The summed E-state index contributed by atoms with van der Waals surface area (Å²) in [6.07, 6.45) is 0.815. The minimum atomic E-state index is 0.0123. The maximum absolute atomic E-state index is 5.85. The number of anilines is 2. The number of rotatable bonds is 4. The Morgan fingerprint density at radius 1 is 1.04 bits per heavy atom. The zero-order valence-corrected chi connectivity index (χ0v) is 14.7. The fourth-order valence-corrected chi connectivity index (χ4v) is 3.38. The predicted octanol–water partition coefficient (Wildman–Crippen LogP) is 3.02. The number of nitrogens with one attached hydrogen (secondary N) is 1. The van der Waals surface area contributed by atoms with Crippen LogP contribution in [0.1, 0.15) is 29.6 Å². The molecule has 2 aromatic carbocycles. The highest BCUT2D eigenvalue weighted by molar-refractivity contribution is 5.43. The highest BCUT2D eigenvalue weighted by Gasteiger charge is 2.31. The zero-order chi connectivity index (χ0) is 18.1. The Balaban J connectivity index is 1.72. The third kappa shape index (κ3) is 2.92. The van der Waals surface area contributed by atoms with Gasteiger partial charge in [-0.15, -0.1) is 5.10 Å². The van der Waals surface area contributed by atoms with E-state index in [0.717, 1.165) is 29.0 Å². The quantitative estimate of drug-likeness (QED) is 0.751. The molecule has 7 heteroatoms. The van der Waals surface area contributed by atoms with Crippen LogP contribution in [0.2, 0.25) is 0 Å². The van der Waals surface area contributed by atoms with Crippen molar-refractivity contribution >= 4 is 11.9 Å². The molecule has 0 saturated heterocycles. The molecular formula is C19H21N5O2. The molecule has 3 aromatic rings. The second-order valence-electron chi connectivity index (χ2n) is 6.24. The van der Waals surface area contributed by atoms with Gasteiger partial charge in [-0.2, -0.15) is 4.98 Å². The van der Waals surface area contributed by atoms with Crippen molar-refractivity contribution in [2.45, 2.75) is 18.5 Å². The van der Waals surface area contributed by atoms with Crippen LogP contribution in [-0.2, 0) is 0 Å². The summed E-state index contributed by atoms with van der Waals surface area (Å²) in [6, 6.07) is 16.2. The molecule has 0 fully saturated rings. The maximum Gasteiger partial charge on any atom is 0.241 e. The van der Waals surface area contributed by atoms with Crippen LogP contribution in [0.5, 0.6) is 11.5 Å². The molecule has 0 radical (unpaired) electrons. The van der Waals surface area contributed by atoms with E-state index in [-0.39, 0.29) is 18.0 Å². The van der Waals surface area contributed by atoms with Crippen LogP contribution in [0, 0.1) is 0 Å². The molecule has 0 amide bonds. The highest BCUT2D eigenvalue weighted by atomic mass is 16.5. The molecule has 0 saturated carbocycles. The summed E-state index contributed by atoms with van der Waals surface area (Å²) in [6.45, 7) is 0. The average Bonchev–Trinajstić information content (AvgIpc) is 3.07. The van der Waals surface area contributed by atoms with Gasteiger partial charge in [0.1, 0.15) is 11.5 Å². The molecule has 2 heterocycles. The van der Waals surface area contributed by atoms with Crippen LogP contribution in [0.25, 0.3) is 0 Å². The minimum absolute atomic E-state index is 0.0123. The van der Waals surface area contributed by atoms with Gasteiger partial charge in [-0.3, -0.25) is 0 Å². The minimum Gasteiger partial charge on any atom is -0.497 e. The van der Waals surface area contributed by atoms with Crippen LogP contribution in [-0.4, -0.2) is 29.0 Å². The number of aromatic nitrogens is 3. The van der Waals surface area contributed by atoms with Crippen molar-refractivity contribution in [1.82, 2.24) is 14.8 Å². The molecule has 0 unspecified atom stereocenters. The molecule has 0 spiro atoms. The van der Waals surface area contributed by atoms with Crippen molar-refractivity contribution in [2.24, 2.45) is 0 Å². The summed E-state index contributed by atoms with van der Waals surface area (Å²) >= 11 is 0. The Kier molecular flexibility index (Phi) is 4.12. The van der Waals surface area contributed by atoms with E-state index in [4.69, 9.17) is 15.2 Å². The Labute approximate surface area is 151 Å². The summed E-state index contributed by atoms with van der Waals surface area (Å²) in [7, 11) is 3.33. The van der Waals surface area contributed by atoms with Crippen molar-refractivity contribution in [3.8, 4) is 11.5 Å². The van der Waals surface area contributed by atoms with Gasteiger partial charge in [-0.05, 0) is 41.8 Å². The number of nitrogen functional groups attached to an aromatic ring is 1. The van der Waals surface area contributed by atoms with E-state index in [9.17, 15) is 0 Å². The molecule has 7 nitrogen and oxygen atoms in total. The van der Waals surface area contributed by atoms with Crippen molar-refractivity contribution in [3.05, 3.63) is 59.7 Å². The molecule has 3 N–H and O–H groups in total. The second-order valence-corrected chi connectivity index (χ2v) is 6.24. The van der Waals surface area contributed by atoms with Crippen LogP contribution in [0.3, 0.4) is 0 Å². The number of hydrogen-bond acceptors (Lipinski definition) is 6. The Morgan fingerprint density at radius 3 is 2.54 bits per heavy atom. The molecule has 0 bridgehead atoms. The third-order valence-electron chi connectivity index (χ3n) is 4.70. The van der Waals surface area contributed by atoms with Crippen molar-refractivity contribution in [2.75, 3.05) is 25.3 Å². The van der Waals surface area contributed by atoms with Crippen molar-refractivity contribution in [1.29, 1.82) is 0 Å². The largest absolute Gasteiger partial charge is 0.497 e. The van der Waals surface area contributed by atoms with Gasteiger partial charge in [-0.1, -0.05) is 24.3 Å². The topological polar surface area (TPSA) is 87.2 Å². The van der Waals surface area contributed by atoms with Gasteiger partial charge in [0.15, 0.2) is 0 Å². The van der Waals surface area contributed by atoms with Gasteiger partial charge < -0.3 is 20.5 Å². The summed E-state index contributed by atoms with van der Waals surface area (Å²) in [5, 5.41) is 7.82. The molecule has 1 aromatic heterocycles. The molecule has 0 aliphatic carbocycles. The van der Waals surface area contributed by atoms with Crippen LogP contribution in [0.4, 0.5) is 11.9 Å². The molecule has 1 aliphatic heterocycles. The van der Waals surface area contributed by atoms with E-state index in [1.54, 1.807) is 14.2 Å². The lowest BCUT2D eigenvalue weighted by atomic mass is 9.93. The van der Waals surface area contributed by atoms with Crippen molar-refractivity contribution in [3.63, 3.8) is 0 Å². The number of methoxy groups -OCH3 is 2. The number of ether oxygens (including phenoxy) is 2. The fraction of sp³-hybridized carbons (Fsp3) is 0.263. The van der Waals surface area contributed by atoms with Gasteiger partial charge in [0.25, 0.3) is 0 Å². The highest BCUT2D eigenvalue weighted by Crippen LogP contribution is 2.39. The lowest BCUT2D eigenvalue weighted by Crippen LogP contribution is -2.28. The fourth-order valence-electron chi connectivity index (χ4n) is 3.38. The van der Waals surface area contributed by atoms with Gasteiger partial charge in [-0.25, -0.2) is 4.68 Å². The van der Waals surface area contributed by atoms with Gasteiger partial charge >= 0.3 is 0 Å². The molecular weight excluding hydrogens is 330 g/mol. The monoisotopic (exact) mass is 351 g/mol. The maximum atomic E-state index is 5.85. The molecule has 4 rings (SSSR count). The van der Waals surface area contributed by atoms with Gasteiger partial charge in [0.2, 0.25) is 11.9 Å². The number of fused-ring (bicyclic) bond motifs is 1. The number of nitrogens with two attached hydrogens (primary N) is 1. The molecule has 1 aliphatic rings. The standard InChI is InChI=1S/C19H21N5O2/c1-25-14-8-6-12(7-9-14)16-11-17(13-4-3-5-15(10-13)26-2)24-19(21-16)22-18(20)23-24/h3-10,16-17H,11H2,1-2H3,(H3,20,21,22,23)/t16-,17+/m0/s1. The van der Waals surface area contributed by atoms with Gasteiger partial charge in [0, 0.05) is 0 Å². The Bertz CT molecular complexity index is 907. The van der Waals surface area contributed by atoms with E-state index in [1.807, 2.05) is 35.0 Å². The molecule has 2 atom stereocenters. The Hall–Kier alpha value is -3.22. The summed E-state index contributed by atoms with van der Waals surface area (Å²) in [5.74, 6) is 2.58. The van der Waals surface area contributed by atoms with Gasteiger partial charge in [0.05, 0.1) is 26.3 Å². The summed E-state index contributed by atoms with van der Waals surface area (Å²) < 4.78 is 12.5. The predicted molar refractivity (Wildman–Crippen MR) is 99.5 cm³/mol. The first-order valence-corrected chi connectivity index (χ1v) is 8.44. The lowest BCUT2D eigenvalue weighted by Gasteiger charge is -2.31. The SMILES string of the molecule is COc1ccc([C@@H]2C[C@H](c3cccc(OC)c3)n3nc(N)nc3N2)cc1. The average molecular weight is 351 g/mol. The number of benzene rings is 2. The lowest BCUT2D eigenvalue weighted by molar-refractivity contribution is 0.406.